The molecule has 0 saturated carbocycles. The van der Waals surface area contributed by atoms with Crippen molar-refractivity contribution in [1.82, 2.24) is 4.98 Å². The molecular weight excluding hydrogens is 304 g/mol. The van der Waals surface area contributed by atoms with E-state index >= 15 is 0 Å². The van der Waals surface area contributed by atoms with Gasteiger partial charge in [-0.25, -0.2) is 13.4 Å². The first-order valence-corrected chi connectivity index (χ1v) is 7.66. The minimum atomic E-state index is -3.74. The van der Waals surface area contributed by atoms with Gasteiger partial charge in [0, 0.05) is 11.9 Å². The number of carbonyl (C=O) groups excluding carboxylic acids is 1. The molecule has 0 bridgehead atoms. The Labute approximate surface area is 127 Å². The summed E-state index contributed by atoms with van der Waals surface area (Å²) in [5, 5.41) is 2.48. The van der Waals surface area contributed by atoms with Gasteiger partial charge in [0.05, 0.1) is 10.6 Å². The van der Waals surface area contributed by atoms with Crippen molar-refractivity contribution in [3.8, 4) is 0 Å². The minimum absolute atomic E-state index is 0.0442. The van der Waals surface area contributed by atoms with Crippen molar-refractivity contribution in [3.05, 3.63) is 60.9 Å². The van der Waals surface area contributed by atoms with E-state index in [0.717, 1.165) is 0 Å². The molecule has 0 radical (unpaired) electrons. The van der Waals surface area contributed by atoms with E-state index in [2.05, 4.69) is 21.6 Å². The first kappa shape index (κ1) is 15.5. The highest BCUT2D eigenvalue weighted by atomic mass is 32.2. The molecule has 0 aliphatic heterocycles. The maximum absolute atomic E-state index is 12.2. The molecule has 0 saturated heterocycles. The molecule has 1 amide bonds. The Bertz CT molecular complexity index is 787. The van der Waals surface area contributed by atoms with Gasteiger partial charge in [-0.3, -0.25) is 9.52 Å². The molecule has 1 aromatic heterocycles. The number of nitrogens with zero attached hydrogens (tertiary/aromatic N) is 1. The molecule has 114 valence electrons. The third kappa shape index (κ3) is 3.83. The van der Waals surface area contributed by atoms with Crippen LogP contribution in [-0.4, -0.2) is 19.3 Å². The number of hydrogen-bond donors (Lipinski definition) is 3. The highest BCUT2D eigenvalue weighted by Gasteiger charge is 2.14. The molecular formula is C14H14N4O3S. The summed E-state index contributed by atoms with van der Waals surface area (Å²) in [6.45, 7) is 3.31. The Kier molecular flexibility index (Phi) is 4.42. The van der Waals surface area contributed by atoms with Gasteiger partial charge in [0.15, 0.2) is 0 Å². The lowest BCUT2D eigenvalue weighted by molar-refractivity contribution is -0.112. The molecule has 8 heteroatoms. The quantitative estimate of drug-likeness (QED) is 0.719. The Morgan fingerprint density at radius 1 is 1.14 bits per heavy atom. The average Bonchev–Trinajstić information content (AvgIpc) is 2.48. The zero-order valence-corrected chi connectivity index (χ0v) is 12.3. The summed E-state index contributed by atoms with van der Waals surface area (Å²) in [4.78, 5) is 15.3. The smallest absolute Gasteiger partial charge is 0.270 e. The van der Waals surface area contributed by atoms with Crippen molar-refractivity contribution in [3.63, 3.8) is 0 Å². The monoisotopic (exact) mass is 318 g/mol. The number of pyridine rings is 1. The number of amides is 1. The van der Waals surface area contributed by atoms with E-state index in [1.165, 1.54) is 30.5 Å². The third-order valence-electron chi connectivity index (χ3n) is 2.62. The van der Waals surface area contributed by atoms with Crippen LogP contribution in [0, 0.1) is 0 Å². The van der Waals surface area contributed by atoms with Gasteiger partial charge in [-0.1, -0.05) is 12.6 Å². The first-order valence-electron chi connectivity index (χ1n) is 6.18. The molecule has 1 heterocycles. The van der Waals surface area contributed by atoms with Crippen LogP contribution in [-0.2, 0) is 14.8 Å². The Balaban J connectivity index is 2.15. The molecule has 0 aliphatic rings. The predicted molar refractivity (Wildman–Crippen MR) is 83.4 cm³/mol. The summed E-state index contributed by atoms with van der Waals surface area (Å²) in [6, 6.07) is 10.5. The number of carbonyl (C=O) groups is 1. The Morgan fingerprint density at radius 2 is 1.82 bits per heavy atom. The third-order valence-corrected chi connectivity index (χ3v) is 3.99. The molecule has 7 nitrogen and oxygen atoms in total. The van der Waals surface area contributed by atoms with Crippen molar-refractivity contribution in [2.45, 2.75) is 4.90 Å². The van der Waals surface area contributed by atoms with Crippen molar-refractivity contribution >= 4 is 27.4 Å². The van der Waals surface area contributed by atoms with Crippen LogP contribution in [0.15, 0.2) is 65.8 Å². The lowest BCUT2D eigenvalue weighted by Gasteiger charge is -2.08. The minimum Gasteiger partial charge on any atom is -0.395 e. The molecule has 0 spiro atoms. The van der Waals surface area contributed by atoms with Crippen molar-refractivity contribution < 1.29 is 13.2 Å². The van der Waals surface area contributed by atoms with E-state index in [4.69, 9.17) is 5.73 Å². The van der Waals surface area contributed by atoms with E-state index in [1.807, 2.05) is 0 Å². The number of aromatic nitrogens is 1. The van der Waals surface area contributed by atoms with Gasteiger partial charge < -0.3 is 11.1 Å². The second-order valence-corrected chi connectivity index (χ2v) is 6.01. The zero-order valence-electron chi connectivity index (χ0n) is 11.5. The highest BCUT2D eigenvalue weighted by Crippen LogP contribution is 2.17. The number of sulfonamides is 1. The van der Waals surface area contributed by atoms with E-state index in [9.17, 15) is 13.2 Å². The van der Waals surface area contributed by atoms with Gasteiger partial charge in [0.2, 0.25) is 0 Å². The van der Waals surface area contributed by atoms with Gasteiger partial charge in [-0.2, -0.15) is 0 Å². The fourth-order valence-electron chi connectivity index (χ4n) is 1.55. The predicted octanol–water partition coefficient (Wildman–Crippen LogP) is 1.29. The van der Waals surface area contributed by atoms with Crippen LogP contribution in [0.1, 0.15) is 0 Å². The summed E-state index contributed by atoms with van der Waals surface area (Å²) in [6.07, 6.45) is 1.48. The number of nitrogens with one attached hydrogen (secondary N) is 2. The normalized spacial score (nSPS) is 10.7. The maximum Gasteiger partial charge on any atom is 0.270 e. The number of hydrogen-bond acceptors (Lipinski definition) is 5. The summed E-state index contributed by atoms with van der Waals surface area (Å²) < 4.78 is 26.7. The van der Waals surface area contributed by atoms with Gasteiger partial charge in [0.1, 0.15) is 5.82 Å². The first-order chi connectivity index (χ1) is 10.4. The van der Waals surface area contributed by atoms with Crippen molar-refractivity contribution in [2.24, 2.45) is 5.73 Å². The SMILES string of the molecule is C=C(N)C(=O)Nc1ccc(S(=O)(=O)Nc2ccccn2)cc1. The summed E-state index contributed by atoms with van der Waals surface area (Å²) >= 11 is 0. The topological polar surface area (TPSA) is 114 Å². The van der Waals surface area contributed by atoms with Crippen LogP contribution in [0.25, 0.3) is 0 Å². The number of benzene rings is 1. The fraction of sp³-hybridized carbons (Fsp3) is 0. The van der Waals surface area contributed by atoms with Gasteiger partial charge in [-0.15, -0.1) is 0 Å². The Hall–Kier alpha value is -2.87. The molecule has 4 N–H and O–H groups in total. The van der Waals surface area contributed by atoms with Crippen molar-refractivity contribution in [2.75, 3.05) is 10.0 Å². The highest BCUT2D eigenvalue weighted by molar-refractivity contribution is 7.92. The van der Waals surface area contributed by atoms with Crippen molar-refractivity contribution in [1.29, 1.82) is 0 Å². The van der Waals surface area contributed by atoms with Gasteiger partial charge >= 0.3 is 0 Å². The summed E-state index contributed by atoms with van der Waals surface area (Å²) in [7, 11) is -3.74. The second-order valence-electron chi connectivity index (χ2n) is 4.32. The van der Waals surface area contributed by atoms with Crippen LogP contribution in [0.5, 0.6) is 0 Å². The zero-order chi connectivity index (χ0) is 16.2. The largest absolute Gasteiger partial charge is 0.395 e. The number of nitrogens with two attached hydrogens (primary N) is 1. The van der Waals surface area contributed by atoms with E-state index in [0.29, 0.717) is 5.69 Å². The molecule has 0 aliphatic carbocycles. The van der Waals surface area contributed by atoms with Crippen LogP contribution in [0.3, 0.4) is 0 Å². The van der Waals surface area contributed by atoms with Crippen LogP contribution in [0.4, 0.5) is 11.5 Å². The lowest BCUT2D eigenvalue weighted by Crippen LogP contribution is -2.19. The number of anilines is 2. The maximum atomic E-state index is 12.2. The molecule has 0 unspecified atom stereocenters. The summed E-state index contributed by atoms with van der Waals surface area (Å²) in [5.74, 6) is -0.318. The van der Waals surface area contributed by atoms with Crippen LogP contribution >= 0.6 is 0 Å². The number of rotatable bonds is 5. The average molecular weight is 318 g/mol. The Morgan fingerprint density at radius 3 is 2.36 bits per heavy atom. The van der Waals surface area contributed by atoms with Crippen LogP contribution in [0.2, 0.25) is 0 Å². The molecule has 2 aromatic rings. The van der Waals surface area contributed by atoms with Gasteiger partial charge in [0.25, 0.3) is 15.9 Å². The second kappa shape index (κ2) is 6.27. The fourth-order valence-corrected chi connectivity index (χ4v) is 2.56. The van der Waals surface area contributed by atoms with E-state index in [-0.39, 0.29) is 16.4 Å². The molecule has 0 atom stereocenters. The van der Waals surface area contributed by atoms with Crippen LogP contribution < -0.4 is 15.8 Å². The molecule has 1 aromatic carbocycles. The molecule has 0 fully saturated rings. The standard InChI is InChI=1S/C14H14N4O3S/c1-10(15)14(19)17-11-5-7-12(8-6-11)22(20,21)18-13-4-2-3-9-16-13/h2-9H,1,15H2,(H,16,18)(H,17,19). The lowest BCUT2D eigenvalue weighted by atomic mass is 10.3. The van der Waals surface area contributed by atoms with E-state index in [1.54, 1.807) is 18.2 Å². The van der Waals surface area contributed by atoms with Gasteiger partial charge in [-0.05, 0) is 36.4 Å². The molecule has 2 rings (SSSR count). The summed E-state index contributed by atoms with van der Waals surface area (Å²) in [5.41, 5.74) is 5.53. The molecule has 22 heavy (non-hydrogen) atoms. The van der Waals surface area contributed by atoms with E-state index < -0.39 is 15.9 Å².